The minimum atomic E-state index is -1.01. The number of hydrogen-bond acceptors (Lipinski definition) is 7. The lowest BCUT2D eigenvalue weighted by Crippen LogP contribution is -2.49. The predicted molar refractivity (Wildman–Crippen MR) is 209 cm³/mol. The number of aryl methyl sites for hydroxylation is 1. The number of para-hydroxylation sites is 1. The van der Waals surface area contributed by atoms with E-state index < -0.39 is 12.2 Å². The van der Waals surface area contributed by atoms with Gasteiger partial charge in [-0.15, -0.1) is 24.8 Å². The zero-order valence-electron chi connectivity index (χ0n) is 30.1. The number of halogens is 3. The van der Waals surface area contributed by atoms with Gasteiger partial charge in [-0.2, -0.15) is 0 Å². The van der Waals surface area contributed by atoms with Crippen molar-refractivity contribution >= 4 is 53.9 Å². The van der Waals surface area contributed by atoms with Crippen LogP contribution in [0, 0.1) is 5.41 Å². The topological polar surface area (TPSA) is 92.4 Å². The first kappa shape index (κ1) is 42.4. The maximum Gasteiger partial charge on any atom is 0.256 e. The van der Waals surface area contributed by atoms with Crippen LogP contribution in [0.25, 0.3) is 0 Å². The van der Waals surface area contributed by atoms with Gasteiger partial charge < -0.3 is 34.6 Å². The molecule has 0 aromatic heterocycles. The Labute approximate surface area is 320 Å². The van der Waals surface area contributed by atoms with E-state index in [0.717, 1.165) is 51.0 Å². The Balaban J connectivity index is 0.00000351. The Bertz CT molecular complexity index is 1550. The van der Waals surface area contributed by atoms with Crippen LogP contribution in [0.15, 0.2) is 66.7 Å². The van der Waals surface area contributed by atoms with E-state index in [1.165, 1.54) is 5.56 Å². The SMILES string of the molecule is COc1c(OCCCNCCCc2ccccc2)cccc1[C@H]1O[C@H](CC(=O)N2CCNCC2)C(=O)N(CC(C)(C)C)c2ccc(Cl)cc21.Cl.Cl. The Kier molecular flexibility index (Phi) is 16.8. The van der Waals surface area contributed by atoms with Crippen LogP contribution in [-0.2, 0) is 20.7 Å². The molecule has 2 aliphatic rings. The van der Waals surface area contributed by atoms with Crippen LogP contribution in [0.2, 0.25) is 5.02 Å². The third kappa shape index (κ3) is 11.7. The lowest BCUT2D eigenvalue weighted by molar-refractivity contribution is -0.143. The molecule has 9 nitrogen and oxygen atoms in total. The highest BCUT2D eigenvalue weighted by molar-refractivity contribution is 6.30. The first-order valence-electron chi connectivity index (χ1n) is 17.4. The van der Waals surface area contributed by atoms with Crippen LogP contribution >= 0.6 is 36.4 Å². The second-order valence-electron chi connectivity index (χ2n) is 13.9. The van der Waals surface area contributed by atoms with E-state index in [2.05, 4.69) is 55.7 Å². The van der Waals surface area contributed by atoms with Gasteiger partial charge in [0.05, 0.1) is 20.1 Å². The molecule has 3 aromatic carbocycles. The van der Waals surface area contributed by atoms with Gasteiger partial charge in [-0.25, -0.2) is 0 Å². The summed E-state index contributed by atoms with van der Waals surface area (Å²) in [5.74, 6) is 0.771. The lowest BCUT2D eigenvalue weighted by Gasteiger charge is -2.32. The second kappa shape index (κ2) is 20.3. The number of piperazine rings is 1. The number of nitrogens with one attached hydrogen (secondary N) is 2. The molecular weight excluding hydrogens is 711 g/mol. The molecule has 2 atom stereocenters. The van der Waals surface area contributed by atoms with Gasteiger partial charge in [-0.05, 0) is 67.6 Å². The highest BCUT2D eigenvalue weighted by atomic mass is 35.5. The second-order valence-corrected chi connectivity index (χ2v) is 14.4. The molecule has 2 N–H and O–H groups in total. The molecule has 2 amide bonds. The standard InChI is InChI=1S/C39H51ClN4O5.2ClH/c1-39(2,3)27-44-32-17-16-29(40)25-31(32)36(49-34(38(44)46)26-35(45)43-22-20-42-21-23-43)30-14-8-15-33(37(30)47-4)48-24-10-19-41-18-9-13-28-11-6-5-7-12-28;;/h5-8,11-12,14-17,25,34,36,41-42H,9-10,13,18-24,26-27H2,1-4H3;2*1H/t34-,36-;;/m1../s1. The molecular formula is C39H53Cl3N4O5. The van der Waals surface area contributed by atoms with Crippen molar-refractivity contribution in [1.29, 1.82) is 0 Å². The summed E-state index contributed by atoms with van der Waals surface area (Å²) in [6, 6.07) is 21.7. The average Bonchev–Trinajstić information content (AvgIpc) is 3.19. The molecule has 2 heterocycles. The smallest absolute Gasteiger partial charge is 0.256 e. The van der Waals surface area contributed by atoms with Crippen LogP contribution in [0.1, 0.15) is 62.8 Å². The maximum atomic E-state index is 14.4. The third-order valence-corrected chi connectivity index (χ3v) is 9.02. The summed E-state index contributed by atoms with van der Waals surface area (Å²) in [7, 11) is 1.61. The molecule has 1 fully saturated rings. The van der Waals surface area contributed by atoms with Gasteiger partial charge in [0.2, 0.25) is 5.91 Å². The Morgan fingerprint density at radius 1 is 0.980 bits per heavy atom. The van der Waals surface area contributed by atoms with Crippen molar-refractivity contribution in [2.45, 2.75) is 58.7 Å². The maximum absolute atomic E-state index is 14.4. The van der Waals surface area contributed by atoms with E-state index in [1.807, 2.05) is 36.4 Å². The summed E-state index contributed by atoms with van der Waals surface area (Å²) in [6.07, 6.45) is 1.14. The summed E-state index contributed by atoms with van der Waals surface area (Å²) < 4.78 is 19.0. The molecule has 0 bridgehead atoms. The number of anilines is 1. The number of hydrogen-bond donors (Lipinski definition) is 2. The van der Waals surface area contributed by atoms with E-state index in [9.17, 15) is 9.59 Å². The van der Waals surface area contributed by atoms with Crippen molar-refractivity contribution in [1.82, 2.24) is 15.5 Å². The number of nitrogens with zero attached hydrogens (tertiary/aromatic N) is 2. The number of rotatable bonds is 14. The largest absolute Gasteiger partial charge is 0.492 e. The molecule has 1 saturated heterocycles. The number of ether oxygens (including phenoxy) is 3. The van der Waals surface area contributed by atoms with E-state index in [0.29, 0.717) is 54.0 Å². The summed E-state index contributed by atoms with van der Waals surface area (Å²) >= 11 is 6.60. The minimum Gasteiger partial charge on any atom is -0.492 e. The van der Waals surface area contributed by atoms with Crippen molar-refractivity contribution in [3.63, 3.8) is 0 Å². The highest BCUT2D eigenvalue weighted by Gasteiger charge is 2.40. The van der Waals surface area contributed by atoms with Crippen molar-refractivity contribution in [3.05, 3.63) is 88.4 Å². The van der Waals surface area contributed by atoms with Crippen LogP contribution in [0.4, 0.5) is 5.69 Å². The van der Waals surface area contributed by atoms with Gasteiger partial charge in [0.25, 0.3) is 5.91 Å². The first-order chi connectivity index (χ1) is 23.6. The van der Waals surface area contributed by atoms with Gasteiger partial charge >= 0.3 is 0 Å². The zero-order valence-corrected chi connectivity index (χ0v) is 32.5. The normalized spacial score (nSPS) is 17.5. The van der Waals surface area contributed by atoms with Gasteiger partial charge in [-0.1, -0.05) is 74.8 Å². The Morgan fingerprint density at radius 2 is 1.71 bits per heavy atom. The summed E-state index contributed by atoms with van der Waals surface area (Å²) in [4.78, 5) is 31.5. The molecule has 0 spiro atoms. The van der Waals surface area contributed by atoms with Gasteiger partial charge in [0.1, 0.15) is 12.2 Å². The number of carbonyl (C=O) groups is 2. The molecule has 12 heteroatoms. The Morgan fingerprint density at radius 3 is 2.41 bits per heavy atom. The number of fused-ring (bicyclic) bond motifs is 1. The number of amides is 2. The number of benzene rings is 3. The molecule has 0 unspecified atom stereocenters. The van der Waals surface area contributed by atoms with Crippen molar-refractivity contribution in [2.75, 3.05) is 64.4 Å². The number of carbonyl (C=O) groups excluding carboxylic acids is 2. The fourth-order valence-corrected chi connectivity index (χ4v) is 6.60. The molecule has 51 heavy (non-hydrogen) atoms. The first-order valence-corrected chi connectivity index (χ1v) is 17.8. The molecule has 280 valence electrons. The number of methoxy groups -OCH3 is 1. The van der Waals surface area contributed by atoms with E-state index in [1.54, 1.807) is 23.0 Å². The fourth-order valence-electron chi connectivity index (χ4n) is 6.42. The third-order valence-electron chi connectivity index (χ3n) is 8.78. The van der Waals surface area contributed by atoms with Crippen LogP contribution < -0.4 is 25.0 Å². The van der Waals surface area contributed by atoms with Crippen molar-refractivity contribution in [3.8, 4) is 11.5 Å². The summed E-state index contributed by atoms with van der Waals surface area (Å²) in [5.41, 5.74) is 3.27. The van der Waals surface area contributed by atoms with Gasteiger partial charge in [0, 0.05) is 54.6 Å². The Hall–Kier alpha value is -3.05. The van der Waals surface area contributed by atoms with Gasteiger partial charge in [-0.3, -0.25) is 9.59 Å². The molecule has 3 aromatic rings. The van der Waals surface area contributed by atoms with Crippen LogP contribution in [0.3, 0.4) is 0 Å². The van der Waals surface area contributed by atoms with Crippen molar-refractivity contribution < 1.29 is 23.8 Å². The molecule has 2 aliphatic heterocycles. The predicted octanol–water partition coefficient (Wildman–Crippen LogP) is 6.87. The van der Waals surface area contributed by atoms with E-state index in [-0.39, 0.29) is 48.5 Å². The molecule has 0 saturated carbocycles. The average molecular weight is 764 g/mol. The van der Waals surface area contributed by atoms with Crippen molar-refractivity contribution in [2.24, 2.45) is 5.41 Å². The van der Waals surface area contributed by atoms with Crippen LogP contribution in [-0.4, -0.2) is 82.3 Å². The van der Waals surface area contributed by atoms with E-state index >= 15 is 0 Å². The quantitative estimate of drug-likeness (QED) is 0.173. The van der Waals surface area contributed by atoms with Gasteiger partial charge in [0.15, 0.2) is 11.5 Å². The highest BCUT2D eigenvalue weighted by Crippen LogP contribution is 2.45. The summed E-state index contributed by atoms with van der Waals surface area (Å²) in [6.45, 7) is 11.6. The minimum absolute atomic E-state index is 0. The van der Waals surface area contributed by atoms with Crippen LogP contribution in [0.5, 0.6) is 11.5 Å². The molecule has 0 aliphatic carbocycles. The molecule has 0 radical (unpaired) electrons. The zero-order chi connectivity index (χ0) is 34.8. The fraction of sp³-hybridized carbons (Fsp3) is 0.487. The molecule has 5 rings (SSSR count). The monoisotopic (exact) mass is 762 g/mol. The lowest BCUT2D eigenvalue weighted by atomic mass is 9.94. The summed E-state index contributed by atoms with van der Waals surface area (Å²) in [5, 5.41) is 7.31. The van der Waals surface area contributed by atoms with E-state index in [4.69, 9.17) is 25.8 Å².